The summed E-state index contributed by atoms with van der Waals surface area (Å²) >= 11 is 1.80. The van der Waals surface area contributed by atoms with Crippen molar-refractivity contribution in [3.63, 3.8) is 0 Å². The Bertz CT molecular complexity index is 882. The number of benzene rings is 2. The van der Waals surface area contributed by atoms with Crippen molar-refractivity contribution >= 4 is 27.5 Å². The van der Waals surface area contributed by atoms with Gasteiger partial charge in [-0.1, -0.05) is 24.3 Å². The van der Waals surface area contributed by atoms with Crippen LogP contribution in [0, 0.1) is 0 Å². The van der Waals surface area contributed by atoms with Gasteiger partial charge in [0.25, 0.3) is 0 Å². The third-order valence-corrected chi connectivity index (χ3v) is 5.96. The van der Waals surface area contributed by atoms with Crippen molar-refractivity contribution in [2.75, 3.05) is 33.3 Å². The average molecular weight is 382 g/mol. The molecule has 3 aromatic rings. The van der Waals surface area contributed by atoms with Gasteiger partial charge in [-0.05, 0) is 29.8 Å². The van der Waals surface area contributed by atoms with E-state index >= 15 is 0 Å². The number of esters is 1. The fraction of sp³-hybridized carbons (Fsp3) is 0.333. The van der Waals surface area contributed by atoms with E-state index in [4.69, 9.17) is 9.72 Å². The topological polar surface area (TPSA) is 45.7 Å². The van der Waals surface area contributed by atoms with Crippen LogP contribution in [0.25, 0.3) is 10.2 Å². The molecule has 0 bridgehead atoms. The van der Waals surface area contributed by atoms with Crippen LogP contribution in [-0.4, -0.2) is 54.0 Å². The van der Waals surface area contributed by atoms with Gasteiger partial charge in [0.15, 0.2) is 0 Å². The highest BCUT2D eigenvalue weighted by molar-refractivity contribution is 7.18. The number of para-hydroxylation sites is 1. The largest absolute Gasteiger partial charge is 0.465 e. The van der Waals surface area contributed by atoms with Gasteiger partial charge in [-0.2, -0.15) is 0 Å². The minimum absolute atomic E-state index is 0.287. The zero-order chi connectivity index (χ0) is 18.6. The van der Waals surface area contributed by atoms with E-state index in [-0.39, 0.29) is 5.97 Å². The predicted molar refractivity (Wildman–Crippen MR) is 108 cm³/mol. The van der Waals surface area contributed by atoms with Crippen molar-refractivity contribution in [2.45, 2.75) is 13.1 Å². The number of hydrogen-bond acceptors (Lipinski definition) is 6. The highest BCUT2D eigenvalue weighted by atomic mass is 32.1. The molecule has 0 N–H and O–H groups in total. The first kappa shape index (κ1) is 18.1. The van der Waals surface area contributed by atoms with E-state index in [0.29, 0.717) is 5.56 Å². The number of thiazole rings is 1. The lowest BCUT2D eigenvalue weighted by molar-refractivity contribution is 0.0600. The van der Waals surface area contributed by atoms with Gasteiger partial charge >= 0.3 is 5.97 Å². The Kier molecular flexibility index (Phi) is 5.48. The summed E-state index contributed by atoms with van der Waals surface area (Å²) in [5.41, 5.74) is 2.93. The molecule has 1 aliphatic heterocycles. The van der Waals surface area contributed by atoms with E-state index < -0.39 is 0 Å². The third kappa shape index (κ3) is 4.35. The molecule has 0 spiro atoms. The molecule has 6 heteroatoms. The second-order valence-electron chi connectivity index (χ2n) is 6.82. The van der Waals surface area contributed by atoms with Gasteiger partial charge in [-0.3, -0.25) is 9.80 Å². The third-order valence-electron chi connectivity index (χ3n) is 4.94. The van der Waals surface area contributed by atoms with E-state index in [2.05, 4.69) is 28.0 Å². The van der Waals surface area contributed by atoms with Gasteiger partial charge in [0.1, 0.15) is 5.01 Å². The Morgan fingerprint density at radius 3 is 2.33 bits per heavy atom. The Hall–Kier alpha value is -2.28. The predicted octanol–water partition coefficient (Wildman–Crippen LogP) is 3.40. The van der Waals surface area contributed by atoms with Crippen LogP contribution in [0.3, 0.4) is 0 Å². The Labute approximate surface area is 163 Å². The lowest BCUT2D eigenvalue weighted by Crippen LogP contribution is -2.45. The Balaban J connectivity index is 1.29. The second-order valence-corrected chi connectivity index (χ2v) is 7.93. The number of fused-ring (bicyclic) bond motifs is 1. The minimum atomic E-state index is -0.287. The minimum Gasteiger partial charge on any atom is -0.465 e. The van der Waals surface area contributed by atoms with Crippen molar-refractivity contribution in [3.05, 3.63) is 64.7 Å². The molecule has 0 aliphatic carbocycles. The summed E-state index contributed by atoms with van der Waals surface area (Å²) in [7, 11) is 1.41. The highest BCUT2D eigenvalue weighted by Crippen LogP contribution is 2.23. The summed E-state index contributed by atoms with van der Waals surface area (Å²) in [6.45, 7) is 6.04. The van der Waals surface area contributed by atoms with Gasteiger partial charge < -0.3 is 4.74 Å². The molecule has 140 valence electrons. The van der Waals surface area contributed by atoms with Gasteiger partial charge in [0.05, 0.1) is 29.4 Å². The molecular weight excluding hydrogens is 358 g/mol. The molecule has 1 aliphatic rings. The number of piperazine rings is 1. The van der Waals surface area contributed by atoms with Gasteiger partial charge in [0.2, 0.25) is 0 Å². The number of carbonyl (C=O) groups excluding carboxylic acids is 1. The molecular formula is C21H23N3O2S. The summed E-state index contributed by atoms with van der Waals surface area (Å²) in [4.78, 5) is 21.2. The summed E-state index contributed by atoms with van der Waals surface area (Å²) in [5.74, 6) is -0.287. The summed E-state index contributed by atoms with van der Waals surface area (Å²) < 4.78 is 6.01. The monoisotopic (exact) mass is 381 g/mol. The lowest BCUT2D eigenvalue weighted by atomic mass is 10.1. The molecule has 0 radical (unpaired) electrons. The van der Waals surface area contributed by atoms with Crippen molar-refractivity contribution in [1.29, 1.82) is 0 Å². The van der Waals surface area contributed by atoms with Gasteiger partial charge in [0, 0.05) is 32.7 Å². The standard InChI is InChI=1S/C21H23N3O2S/c1-26-21(25)17-8-6-16(7-9-17)14-23-10-12-24(13-11-23)15-20-22-18-4-2-3-5-19(18)27-20/h2-9H,10-15H2,1H3. The molecule has 0 atom stereocenters. The summed E-state index contributed by atoms with van der Waals surface area (Å²) in [5, 5.41) is 1.20. The van der Waals surface area contributed by atoms with Crippen molar-refractivity contribution in [2.24, 2.45) is 0 Å². The zero-order valence-electron chi connectivity index (χ0n) is 15.4. The smallest absolute Gasteiger partial charge is 0.337 e. The van der Waals surface area contributed by atoms with E-state index in [0.717, 1.165) is 44.8 Å². The Morgan fingerprint density at radius 2 is 1.67 bits per heavy atom. The second kappa shape index (κ2) is 8.17. The molecule has 1 saturated heterocycles. The number of aromatic nitrogens is 1. The average Bonchev–Trinajstić information content (AvgIpc) is 3.12. The highest BCUT2D eigenvalue weighted by Gasteiger charge is 2.18. The number of carbonyl (C=O) groups is 1. The molecule has 1 fully saturated rings. The van der Waals surface area contributed by atoms with E-state index in [1.54, 1.807) is 11.3 Å². The molecule has 27 heavy (non-hydrogen) atoms. The number of rotatable bonds is 5. The number of hydrogen-bond donors (Lipinski definition) is 0. The molecule has 1 aromatic heterocycles. The van der Waals surface area contributed by atoms with Crippen LogP contribution in [0.2, 0.25) is 0 Å². The van der Waals surface area contributed by atoms with Crippen LogP contribution in [-0.2, 0) is 17.8 Å². The van der Waals surface area contributed by atoms with Gasteiger partial charge in [-0.15, -0.1) is 11.3 Å². The SMILES string of the molecule is COC(=O)c1ccc(CN2CCN(Cc3nc4ccccc4s3)CC2)cc1. The molecule has 4 rings (SSSR count). The first-order chi connectivity index (χ1) is 13.2. The zero-order valence-corrected chi connectivity index (χ0v) is 16.2. The molecule has 0 saturated carbocycles. The lowest BCUT2D eigenvalue weighted by Gasteiger charge is -2.34. The molecule has 0 amide bonds. The van der Waals surface area contributed by atoms with Crippen LogP contribution in [0.4, 0.5) is 0 Å². The fourth-order valence-corrected chi connectivity index (χ4v) is 4.42. The van der Waals surface area contributed by atoms with Crippen molar-refractivity contribution in [3.8, 4) is 0 Å². The van der Waals surface area contributed by atoms with E-state index in [1.807, 2.05) is 30.3 Å². The maximum Gasteiger partial charge on any atom is 0.337 e. The summed E-state index contributed by atoms with van der Waals surface area (Å²) in [6, 6.07) is 16.0. The van der Waals surface area contributed by atoms with Crippen molar-refractivity contribution < 1.29 is 9.53 Å². The first-order valence-corrected chi connectivity index (χ1v) is 9.99. The van der Waals surface area contributed by atoms with Crippen LogP contribution in [0.1, 0.15) is 20.9 Å². The van der Waals surface area contributed by atoms with Crippen molar-refractivity contribution in [1.82, 2.24) is 14.8 Å². The summed E-state index contributed by atoms with van der Waals surface area (Å²) in [6.07, 6.45) is 0. The van der Waals surface area contributed by atoms with Crippen LogP contribution in [0.15, 0.2) is 48.5 Å². The number of ether oxygens (including phenoxy) is 1. The fourth-order valence-electron chi connectivity index (χ4n) is 3.41. The molecule has 2 heterocycles. The van der Waals surface area contributed by atoms with Crippen LogP contribution >= 0.6 is 11.3 Å². The Morgan fingerprint density at radius 1 is 1.00 bits per heavy atom. The molecule has 0 unspecified atom stereocenters. The van der Waals surface area contributed by atoms with Crippen LogP contribution in [0.5, 0.6) is 0 Å². The normalized spacial score (nSPS) is 15.9. The molecule has 5 nitrogen and oxygen atoms in total. The quantitative estimate of drug-likeness (QED) is 0.634. The van der Waals surface area contributed by atoms with E-state index in [1.165, 1.54) is 22.4 Å². The van der Waals surface area contributed by atoms with Gasteiger partial charge in [-0.25, -0.2) is 9.78 Å². The maximum absolute atomic E-state index is 11.5. The number of methoxy groups -OCH3 is 1. The van der Waals surface area contributed by atoms with Crippen LogP contribution < -0.4 is 0 Å². The molecule has 2 aromatic carbocycles. The maximum atomic E-state index is 11.5. The first-order valence-electron chi connectivity index (χ1n) is 9.18. The van der Waals surface area contributed by atoms with E-state index in [9.17, 15) is 4.79 Å². The number of nitrogens with zero attached hydrogens (tertiary/aromatic N) is 3.